The van der Waals surface area contributed by atoms with E-state index >= 15 is 0 Å². The number of hydrogen-bond donors (Lipinski definition) is 1. The molecule has 0 saturated carbocycles. The Morgan fingerprint density at radius 2 is 1.27 bits per heavy atom. The van der Waals surface area contributed by atoms with Crippen LogP contribution in [0.2, 0.25) is 0 Å². The van der Waals surface area contributed by atoms with Gasteiger partial charge in [-0.25, -0.2) is 0 Å². The molecular formula is C23H20Br2O. The minimum Gasteiger partial charge on any atom is -0.507 e. The second kappa shape index (κ2) is 8.24. The quantitative estimate of drug-likeness (QED) is 0.420. The summed E-state index contributed by atoms with van der Waals surface area (Å²) in [5.41, 5.74) is 5.35. The van der Waals surface area contributed by atoms with Gasteiger partial charge in [0.15, 0.2) is 0 Å². The van der Waals surface area contributed by atoms with E-state index in [9.17, 15) is 5.11 Å². The molecule has 0 aliphatic rings. The molecule has 0 aromatic heterocycles. The summed E-state index contributed by atoms with van der Waals surface area (Å²) in [4.78, 5) is 0. The van der Waals surface area contributed by atoms with Crippen molar-refractivity contribution in [2.24, 2.45) is 0 Å². The molecule has 3 aromatic carbocycles. The highest BCUT2D eigenvalue weighted by Crippen LogP contribution is 2.33. The minimum absolute atomic E-state index is 0.116. The summed E-state index contributed by atoms with van der Waals surface area (Å²) >= 11 is 6.99. The van der Waals surface area contributed by atoms with Crippen LogP contribution in [0.4, 0.5) is 0 Å². The third-order valence-electron chi connectivity index (χ3n) is 4.45. The van der Waals surface area contributed by atoms with Gasteiger partial charge in [-0.1, -0.05) is 80.4 Å². The van der Waals surface area contributed by atoms with Gasteiger partial charge in [-0.2, -0.15) is 0 Å². The third kappa shape index (κ3) is 4.46. The Morgan fingerprint density at radius 3 is 1.81 bits per heavy atom. The zero-order chi connectivity index (χ0) is 18.7. The molecule has 1 nitrogen and oxygen atoms in total. The number of aromatic hydroxyl groups is 1. The van der Waals surface area contributed by atoms with E-state index in [1.54, 1.807) is 0 Å². The number of rotatable bonds is 4. The summed E-state index contributed by atoms with van der Waals surface area (Å²) in [6.45, 7) is 3.89. The van der Waals surface area contributed by atoms with Crippen molar-refractivity contribution in [1.29, 1.82) is 0 Å². The van der Waals surface area contributed by atoms with Gasteiger partial charge >= 0.3 is 0 Å². The van der Waals surface area contributed by atoms with Gasteiger partial charge < -0.3 is 5.11 Å². The summed E-state index contributed by atoms with van der Waals surface area (Å²) in [5.74, 6) is 0.491. The maximum absolute atomic E-state index is 10.1. The van der Waals surface area contributed by atoms with Gasteiger partial charge in [0.05, 0.1) is 0 Å². The van der Waals surface area contributed by atoms with Crippen LogP contribution >= 0.6 is 31.9 Å². The predicted octanol–water partition coefficient (Wildman–Crippen LogP) is 7.38. The fourth-order valence-corrected chi connectivity index (χ4v) is 3.56. The van der Waals surface area contributed by atoms with Crippen molar-refractivity contribution in [1.82, 2.24) is 0 Å². The molecule has 0 spiro atoms. The number of phenols is 1. The number of benzene rings is 3. The van der Waals surface area contributed by atoms with Crippen molar-refractivity contribution in [3.8, 4) is 5.75 Å². The summed E-state index contributed by atoms with van der Waals surface area (Å²) in [6.07, 6.45) is 4.37. The Labute approximate surface area is 171 Å². The Bertz CT molecular complexity index is 902. The molecule has 3 aromatic rings. The maximum atomic E-state index is 10.1. The van der Waals surface area contributed by atoms with E-state index in [4.69, 9.17) is 0 Å². The predicted molar refractivity (Wildman–Crippen MR) is 117 cm³/mol. The molecule has 3 heteroatoms. The first-order valence-electron chi connectivity index (χ1n) is 8.43. The monoisotopic (exact) mass is 470 g/mol. The topological polar surface area (TPSA) is 20.2 Å². The standard InChI is InChI=1S/C23H20Br2O/c1-15-13-19(14-16(2)23(15)26)22(18-6-10-21(25)11-7-18)12-5-17-3-8-20(24)9-4-17/h3-14,22,26H,1-2H3/b12-5+. The molecule has 1 N–H and O–H groups in total. The van der Waals surface area contributed by atoms with Crippen LogP contribution < -0.4 is 0 Å². The van der Waals surface area contributed by atoms with Gasteiger partial charge in [0, 0.05) is 14.9 Å². The molecule has 0 aliphatic carbocycles. The van der Waals surface area contributed by atoms with Crippen LogP contribution in [0.1, 0.15) is 33.7 Å². The Hall–Kier alpha value is -1.84. The summed E-state index contributed by atoms with van der Waals surface area (Å²) in [6, 6.07) is 20.8. The number of phenolic OH excluding ortho intramolecular Hbond substituents is 1. The van der Waals surface area contributed by atoms with E-state index in [0.29, 0.717) is 5.75 Å². The van der Waals surface area contributed by atoms with Crippen molar-refractivity contribution in [3.05, 3.63) is 104 Å². The summed E-state index contributed by atoms with van der Waals surface area (Å²) in [5, 5.41) is 10.1. The van der Waals surface area contributed by atoms with Crippen LogP contribution in [0.5, 0.6) is 5.75 Å². The molecule has 0 amide bonds. The highest BCUT2D eigenvalue weighted by Gasteiger charge is 2.14. The van der Waals surface area contributed by atoms with E-state index in [2.05, 4.69) is 92.5 Å². The lowest BCUT2D eigenvalue weighted by atomic mass is 9.88. The number of hydrogen-bond acceptors (Lipinski definition) is 1. The molecule has 3 rings (SSSR count). The van der Waals surface area contributed by atoms with Crippen LogP contribution in [0.25, 0.3) is 6.08 Å². The maximum Gasteiger partial charge on any atom is 0.121 e. The van der Waals surface area contributed by atoms with Crippen LogP contribution in [-0.2, 0) is 0 Å². The van der Waals surface area contributed by atoms with E-state index in [-0.39, 0.29) is 5.92 Å². The highest BCUT2D eigenvalue weighted by molar-refractivity contribution is 9.10. The van der Waals surface area contributed by atoms with Crippen molar-refractivity contribution in [3.63, 3.8) is 0 Å². The molecule has 0 aliphatic heterocycles. The van der Waals surface area contributed by atoms with Crippen molar-refractivity contribution in [2.75, 3.05) is 0 Å². The first-order valence-corrected chi connectivity index (χ1v) is 10.0. The molecule has 26 heavy (non-hydrogen) atoms. The van der Waals surface area contributed by atoms with Gasteiger partial charge in [0.2, 0.25) is 0 Å². The Balaban J connectivity index is 2.04. The fourth-order valence-electron chi connectivity index (χ4n) is 3.03. The van der Waals surface area contributed by atoms with E-state index in [1.165, 1.54) is 11.1 Å². The van der Waals surface area contributed by atoms with Crippen LogP contribution in [-0.4, -0.2) is 5.11 Å². The summed E-state index contributed by atoms with van der Waals surface area (Å²) < 4.78 is 2.14. The lowest BCUT2D eigenvalue weighted by molar-refractivity contribution is 0.466. The fraction of sp³-hybridized carbons (Fsp3) is 0.130. The third-order valence-corrected chi connectivity index (χ3v) is 5.51. The lowest BCUT2D eigenvalue weighted by Crippen LogP contribution is -1.99. The first-order chi connectivity index (χ1) is 12.4. The zero-order valence-corrected chi connectivity index (χ0v) is 17.9. The Kier molecular flexibility index (Phi) is 6.00. The van der Waals surface area contributed by atoms with Gasteiger partial charge in [-0.15, -0.1) is 0 Å². The molecule has 0 heterocycles. The normalized spacial score (nSPS) is 12.5. The average Bonchev–Trinajstić information content (AvgIpc) is 2.62. The molecule has 0 bridgehead atoms. The van der Waals surface area contributed by atoms with Gasteiger partial charge in [0.1, 0.15) is 5.75 Å². The van der Waals surface area contributed by atoms with Crippen molar-refractivity contribution >= 4 is 37.9 Å². The van der Waals surface area contributed by atoms with Crippen LogP contribution in [0, 0.1) is 13.8 Å². The molecular weight excluding hydrogens is 452 g/mol. The molecule has 0 saturated heterocycles. The zero-order valence-electron chi connectivity index (χ0n) is 14.7. The SMILES string of the molecule is Cc1cc(C(/C=C/c2ccc(Br)cc2)c2ccc(Br)cc2)cc(C)c1O. The second-order valence-electron chi connectivity index (χ2n) is 6.44. The molecule has 0 radical (unpaired) electrons. The molecule has 132 valence electrons. The lowest BCUT2D eigenvalue weighted by Gasteiger charge is -2.17. The van der Waals surface area contributed by atoms with Gasteiger partial charge in [-0.05, 0) is 65.9 Å². The van der Waals surface area contributed by atoms with Crippen LogP contribution in [0.15, 0.2) is 75.7 Å². The molecule has 1 unspecified atom stereocenters. The van der Waals surface area contributed by atoms with Crippen LogP contribution in [0.3, 0.4) is 0 Å². The number of allylic oxidation sites excluding steroid dienone is 1. The van der Waals surface area contributed by atoms with Gasteiger partial charge in [0.25, 0.3) is 0 Å². The number of halogens is 2. The largest absolute Gasteiger partial charge is 0.507 e. The molecule has 0 fully saturated rings. The summed E-state index contributed by atoms with van der Waals surface area (Å²) in [7, 11) is 0. The minimum atomic E-state index is 0.116. The van der Waals surface area contributed by atoms with Crippen molar-refractivity contribution < 1.29 is 5.11 Å². The number of aryl methyl sites for hydroxylation is 2. The molecule has 1 atom stereocenters. The first kappa shape index (κ1) is 18.9. The second-order valence-corrected chi connectivity index (χ2v) is 8.27. The van der Waals surface area contributed by atoms with Gasteiger partial charge in [-0.3, -0.25) is 0 Å². The van der Waals surface area contributed by atoms with E-state index < -0.39 is 0 Å². The smallest absolute Gasteiger partial charge is 0.121 e. The average molecular weight is 472 g/mol. The van der Waals surface area contributed by atoms with E-state index in [1.807, 2.05) is 26.0 Å². The van der Waals surface area contributed by atoms with E-state index in [0.717, 1.165) is 25.6 Å². The Morgan fingerprint density at radius 1 is 0.769 bits per heavy atom. The van der Waals surface area contributed by atoms with Crippen molar-refractivity contribution in [2.45, 2.75) is 19.8 Å². The highest BCUT2D eigenvalue weighted by atomic mass is 79.9.